The second-order valence-electron chi connectivity index (χ2n) is 4.41. The molecule has 0 bridgehead atoms. The maximum atomic E-state index is 12.0. The van der Waals surface area contributed by atoms with Gasteiger partial charge in [0.2, 0.25) is 5.91 Å². The molecular weight excluding hydrogens is 208 g/mol. The van der Waals surface area contributed by atoms with Crippen LogP contribution in [0.3, 0.4) is 0 Å². The second-order valence-corrected chi connectivity index (χ2v) is 4.41. The Bertz CT molecular complexity index is 264. The van der Waals surface area contributed by atoms with E-state index in [1.54, 1.807) is 34.7 Å². The van der Waals surface area contributed by atoms with E-state index in [2.05, 4.69) is 5.32 Å². The fourth-order valence-corrected chi connectivity index (χ4v) is 1.60. The number of nitrogens with one attached hydrogen (secondary N) is 1. The maximum absolute atomic E-state index is 12.0. The van der Waals surface area contributed by atoms with Crippen molar-refractivity contribution in [1.29, 1.82) is 0 Å². The van der Waals surface area contributed by atoms with Crippen LogP contribution in [0.5, 0.6) is 0 Å². The number of likely N-dealkylation sites (N-methyl/N-ethyl adjacent to an activating group) is 1. The molecule has 0 aliphatic rings. The van der Waals surface area contributed by atoms with Gasteiger partial charge >= 0.3 is 5.97 Å². The number of hydrogen-bond donors (Lipinski definition) is 2. The van der Waals surface area contributed by atoms with Crippen molar-refractivity contribution in [1.82, 2.24) is 10.2 Å². The molecule has 0 radical (unpaired) electrons. The SMILES string of the molecule is CCN(C(=O)C(C)CNC)C(C)(C)C(=O)O. The Morgan fingerprint density at radius 1 is 1.44 bits per heavy atom. The molecule has 0 aromatic rings. The van der Waals surface area contributed by atoms with Crippen LogP contribution in [-0.4, -0.2) is 47.6 Å². The first-order chi connectivity index (χ1) is 7.28. The van der Waals surface area contributed by atoms with E-state index in [9.17, 15) is 9.59 Å². The van der Waals surface area contributed by atoms with E-state index in [1.165, 1.54) is 4.90 Å². The van der Waals surface area contributed by atoms with Crippen molar-refractivity contribution in [3.8, 4) is 0 Å². The number of hydrogen-bond acceptors (Lipinski definition) is 3. The summed E-state index contributed by atoms with van der Waals surface area (Å²) in [5, 5.41) is 12.0. The second kappa shape index (κ2) is 5.84. The molecule has 1 atom stereocenters. The van der Waals surface area contributed by atoms with Crippen LogP contribution in [0.15, 0.2) is 0 Å². The molecule has 1 amide bonds. The summed E-state index contributed by atoms with van der Waals surface area (Å²) in [4.78, 5) is 24.5. The molecule has 0 aliphatic heterocycles. The zero-order valence-corrected chi connectivity index (χ0v) is 10.7. The van der Waals surface area contributed by atoms with E-state index < -0.39 is 11.5 Å². The first-order valence-corrected chi connectivity index (χ1v) is 5.48. The number of rotatable bonds is 6. The molecule has 0 aromatic heterocycles. The molecule has 0 saturated heterocycles. The smallest absolute Gasteiger partial charge is 0.329 e. The summed E-state index contributed by atoms with van der Waals surface area (Å²) in [5.74, 6) is -1.34. The highest BCUT2D eigenvalue weighted by atomic mass is 16.4. The number of nitrogens with zero attached hydrogens (tertiary/aromatic N) is 1. The van der Waals surface area contributed by atoms with Crippen molar-refractivity contribution in [3.05, 3.63) is 0 Å². The summed E-state index contributed by atoms with van der Waals surface area (Å²) >= 11 is 0. The highest BCUT2D eigenvalue weighted by Gasteiger charge is 2.38. The van der Waals surface area contributed by atoms with Gasteiger partial charge in [0.05, 0.1) is 0 Å². The monoisotopic (exact) mass is 230 g/mol. The number of carboxylic acids is 1. The quantitative estimate of drug-likeness (QED) is 0.699. The molecule has 0 spiro atoms. The topological polar surface area (TPSA) is 69.6 Å². The van der Waals surface area contributed by atoms with Crippen LogP contribution >= 0.6 is 0 Å². The van der Waals surface area contributed by atoms with Gasteiger partial charge in [0.25, 0.3) is 0 Å². The maximum Gasteiger partial charge on any atom is 0.329 e. The molecule has 2 N–H and O–H groups in total. The van der Waals surface area contributed by atoms with E-state index in [1.807, 2.05) is 0 Å². The minimum absolute atomic E-state index is 0.135. The molecule has 0 aliphatic carbocycles. The normalized spacial score (nSPS) is 13.3. The average molecular weight is 230 g/mol. The van der Waals surface area contributed by atoms with Crippen LogP contribution in [-0.2, 0) is 9.59 Å². The number of carboxylic acid groups (broad SMARTS) is 1. The van der Waals surface area contributed by atoms with Crippen molar-refractivity contribution in [2.45, 2.75) is 33.2 Å². The molecule has 0 saturated carbocycles. The Balaban J connectivity index is 4.86. The van der Waals surface area contributed by atoms with Crippen molar-refractivity contribution < 1.29 is 14.7 Å². The summed E-state index contributed by atoms with van der Waals surface area (Å²) in [6.07, 6.45) is 0. The minimum atomic E-state index is -1.16. The molecule has 0 rings (SSSR count). The molecule has 1 unspecified atom stereocenters. The van der Waals surface area contributed by atoms with Gasteiger partial charge in [0, 0.05) is 19.0 Å². The zero-order valence-electron chi connectivity index (χ0n) is 10.7. The standard InChI is InChI=1S/C11H22N2O3/c1-6-13(11(3,4)10(15)16)9(14)8(2)7-12-5/h8,12H,6-7H2,1-5H3,(H,15,16). The summed E-state index contributed by atoms with van der Waals surface area (Å²) < 4.78 is 0. The van der Waals surface area contributed by atoms with Crippen molar-refractivity contribution >= 4 is 11.9 Å². The fourth-order valence-electron chi connectivity index (χ4n) is 1.60. The van der Waals surface area contributed by atoms with Gasteiger partial charge in [-0.05, 0) is 27.8 Å². The lowest BCUT2D eigenvalue weighted by Gasteiger charge is -2.36. The predicted octanol–water partition coefficient (Wildman–Crippen LogP) is 0.554. The first-order valence-electron chi connectivity index (χ1n) is 5.48. The summed E-state index contributed by atoms with van der Waals surface area (Å²) in [6, 6.07) is 0. The molecular formula is C11H22N2O3. The van der Waals surface area contributed by atoms with Gasteiger partial charge < -0.3 is 15.3 Å². The van der Waals surface area contributed by atoms with Crippen LogP contribution in [0.25, 0.3) is 0 Å². The number of carbonyl (C=O) groups is 2. The molecule has 0 heterocycles. The van der Waals surface area contributed by atoms with Crippen molar-refractivity contribution in [2.75, 3.05) is 20.1 Å². The highest BCUT2D eigenvalue weighted by Crippen LogP contribution is 2.17. The van der Waals surface area contributed by atoms with Gasteiger partial charge in [-0.2, -0.15) is 0 Å². The molecule has 94 valence electrons. The summed E-state index contributed by atoms with van der Waals surface area (Å²) in [5.41, 5.74) is -1.16. The average Bonchev–Trinajstić information content (AvgIpc) is 2.18. The third-order valence-corrected chi connectivity index (χ3v) is 2.71. The van der Waals surface area contributed by atoms with Gasteiger partial charge in [-0.1, -0.05) is 6.92 Å². The lowest BCUT2D eigenvalue weighted by atomic mass is 10.00. The van der Waals surface area contributed by atoms with Gasteiger partial charge in [-0.15, -0.1) is 0 Å². The summed E-state index contributed by atoms with van der Waals surface area (Å²) in [7, 11) is 1.77. The van der Waals surface area contributed by atoms with E-state index in [0.29, 0.717) is 13.1 Å². The van der Waals surface area contributed by atoms with E-state index in [0.717, 1.165) is 0 Å². The number of amides is 1. The van der Waals surface area contributed by atoms with Crippen LogP contribution in [0.4, 0.5) is 0 Å². The van der Waals surface area contributed by atoms with Gasteiger partial charge in [0.15, 0.2) is 0 Å². The molecule has 0 fully saturated rings. The van der Waals surface area contributed by atoms with Crippen LogP contribution < -0.4 is 5.32 Å². The highest BCUT2D eigenvalue weighted by molar-refractivity contribution is 5.87. The largest absolute Gasteiger partial charge is 0.480 e. The Kier molecular flexibility index (Phi) is 5.44. The molecule has 0 aromatic carbocycles. The lowest BCUT2D eigenvalue weighted by Crippen LogP contribution is -2.55. The molecule has 16 heavy (non-hydrogen) atoms. The lowest BCUT2D eigenvalue weighted by molar-refractivity contribution is -0.158. The molecule has 5 nitrogen and oxygen atoms in total. The third-order valence-electron chi connectivity index (χ3n) is 2.71. The Labute approximate surface area is 96.8 Å². The van der Waals surface area contributed by atoms with Gasteiger partial charge in [-0.3, -0.25) is 4.79 Å². The van der Waals surface area contributed by atoms with E-state index >= 15 is 0 Å². The first kappa shape index (κ1) is 14.9. The van der Waals surface area contributed by atoms with Crippen LogP contribution in [0.2, 0.25) is 0 Å². The predicted molar refractivity (Wildman–Crippen MR) is 62.2 cm³/mol. The molecule has 5 heteroatoms. The van der Waals surface area contributed by atoms with Crippen molar-refractivity contribution in [2.24, 2.45) is 5.92 Å². The van der Waals surface area contributed by atoms with Gasteiger partial charge in [0.1, 0.15) is 5.54 Å². The van der Waals surface area contributed by atoms with Crippen LogP contribution in [0, 0.1) is 5.92 Å². The Morgan fingerprint density at radius 3 is 2.25 bits per heavy atom. The number of aliphatic carboxylic acids is 1. The zero-order chi connectivity index (χ0) is 12.9. The summed E-state index contributed by atoms with van der Waals surface area (Å²) in [6.45, 7) is 7.61. The Hall–Kier alpha value is -1.10. The van der Waals surface area contributed by atoms with Gasteiger partial charge in [-0.25, -0.2) is 4.79 Å². The third kappa shape index (κ3) is 3.20. The number of carbonyl (C=O) groups excluding carboxylic acids is 1. The fraction of sp³-hybridized carbons (Fsp3) is 0.818. The van der Waals surface area contributed by atoms with E-state index in [4.69, 9.17) is 5.11 Å². The Morgan fingerprint density at radius 2 is 1.94 bits per heavy atom. The van der Waals surface area contributed by atoms with E-state index in [-0.39, 0.29) is 11.8 Å². The minimum Gasteiger partial charge on any atom is -0.480 e. The van der Waals surface area contributed by atoms with Crippen LogP contribution in [0.1, 0.15) is 27.7 Å². The van der Waals surface area contributed by atoms with Crippen molar-refractivity contribution in [3.63, 3.8) is 0 Å².